The summed E-state index contributed by atoms with van der Waals surface area (Å²) in [6, 6.07) is 5.95. The lowest BCUT2D eigenvalue weighted by atomic mass is 9.99. The van der Waals surface area contributed by atoms with E-state index >= 15 is 0 Å². The van der Waals surface area contributed by atoms with Crippen molar-refractivity contribution in [1.82, 2.24) is 24.9 Å². The number of nitrogens with one attached hydrogen (secondary N) is 2. The average molecular weight is 460 g/mol. The molecule has 10 nitrogen and oxygen atoms in total. The molecule has 1 saturated heterocycles. The molecular formula is C21H25N5O5S. The van der Waals surface area contributed by atoms with E-state index < -0.39 is 21.6 Å². The fraction of sp³-hybridized carbons (Fsp3) is 0.429. The number of ether oxygens (including phenoxy) is 1. The van der Waals surface area contributed by atoms with Gasteiger partial charge < -0.3 is 9.64 Å². The van der Waals surface area contributed by atoms with Crippen LogP contribution in [-0.2, 0) is 26.9 Å². The van der Waals surface area contributed by atoms with Crippen molar-refractivity contribution in [3.05, 3.63) is 48.0 Å². The summed E-state index contributed by atoms with van der Waals surface area (Å²) >= 11 is 0. The lowest BCUT2D eigenvalue weighted by Gasteiger charge is -2.26. The molecule has 0 spiro atoms. The van der Waals surface area contributed by atoms with Gasteiger partial charge in [0.05, 0.1) is 23.6 Å². The van der Waals surface area contributed by atoms with Crippen molar-refractivity contribution < 1.29 is 22.7 Å². The zero-order valence-electron chi connectivity index (χ0n) is 17.9. The normalized spacial score (nSPS) is 16.9. The number of urea groups is 1. The van der Waals surface area contributed by atoms with Gasteiger partial charge in [0.1, 0.15) is 18.1 Å². The lowest BCUT2D eigenvalue weighted by molar-refractivity contribution is -0.118. The highest BCUT2D eigenvalue weighted by atomic mass is 32.2. The van der Waals surface area contributed by atoms with E-state index in [4.69, 9.17) is 4.74 Å². The maximum atomic E-state index is 13.0. The van der Waals surface area contributed by atoms with E-state index in [1.165, 1.54) is 29.4 Å². The van der Waals surface area contributed by atoms with Gasteiger partial charge in [0, 0.05) is 24.0 Å². The number of imide groups is 1. The molecule has 0 atom stereocenters. The summed E-state index contributed by atoms with van der Waals surface area (Å²) in [6.45, 7) is 4.06. The van der Waals surface area contributed by atoms with Crippen LogP contribution < -0.4 is 14.8 Å². The molecule has 11 heteroatoms. The largest absolute Gasteiger partial charge is 0.493 e. The molecule has 0 bridgehead atoms. The van der Waals surface area contributed by atoms with Crippen LogP contribution in [0.4, 0.5) is 4.79 Å². The second-order valence-corrected chi connectivity index (χ2v) is 10.2. The quantitative estimate of drug-likeness (QED) is 0.544. The van der Waals surface area contributed by atoms with Gasteiger partial charge in [-0.3, -0.25) is 10.1 Å². The summed E-state index contributed by atoms with van der Waals surface area (Å²) in [5.74, 6) is 1.06. The van der Waals surface area contributed by atoms with Gasteiger partial charge in [-0.05, 0) is 44.7 Å². The van der Waals surface area contributed by atoms with E-state index in [9.17, 15) is 18.0 Å². The van der Waals surface area contributed by atoms with E-state index in [0.29, 0.717) is 29.7 Å². The first-order valence-corrected chi connectivity index (χ1v) is 11.8. The maximum absolute atomic E-state index is 13.0. The maximum Gasteiger partial charge on any atom is 0.324 e. The van der Waals surface area contributed by atoms with E-state index in [1.807, 2.05) is 0 Å². The second-order valence-electron chi connectivity index (χ2n) is 8.56. The molecule has 1 aliphatic heterocycles. The molecule has 1 aromatic carbocycles. The Hall–Kier alpha value is -3.05. The third-order valence-electron chi connectivity index (χ3n) is 5.32. The topological polar surface area (TPSA) is 131 Å². The third-order valence-corrected chi connectivity index (χ3v) is 6.97. The Morgan fingerprint density at radius 2 is 1.94 bits per heavy atom. The van der Waals surface area contributed by atoms with E-state index in [2.05, 4.69) is 20.0 Å². The van der Waals surface area contributed by atoms with Crippen LogP contribution in [0.2, 0.25) is 0 Å². The number of sulfonamides is 1. The summed E-state index contributed by atoms with van der Waals surface area (Å²) in [7, 11) is -3.84. The van der Waals surface area contributed by atoms with Crippen LogP contribution in [0.3, 0.4) is 0 Å². The molecule has 0 radical (unpaired) electrons. The van der Waals surface area contributed by atoms with Crippen molar-refractivity contribution in [2.75, 3.05) is 13.2 Å². The van der Waals surface area contributed by atoms with Crippen molar-refractivity contribution in [1.29, 1.82) is 0 Å². The van der Waals surface area contributed by atoms with Gasteiger partial charge in [-0.1, -0.05) is 6.07 Å². The number of carbonyl (C=O) groups excluding carboxylic acids is 2. The van der Waals surface area contributed by atoms with Crippen LogP contribution in [0.1, 0.15) is 38.1 Å². The number of nitrogens with zero attached hydrogens (tertiary/aromatic N) is 3. The van der Waals surface area contributed by atoms with E-state index in [0.717, 1.165) is 12.8 Å². The zero-order chi connectivity index (χ0) is 22.9. The first kappa shape index (κ1) is 22.2. The lowest BCUT2D eigenvalue weighted by Crippen LogP contribution is -2.41. The van der Waals surface area contributed by atoms with Crippen molar-refractivity contribution in [2.45, 2.75) is 43.7 Å². The zero-order valence-corrected chi connectivity index (χ0v) is 18.7. The summed E-state index contributed by atoms with van der Waals surface area (Å²) in [5, 5.41) is 2.19. The minimum Gasteiger partial charge on any atom is -0.493 e. The van der Waals surface area contributed by atoms with Crippen LogP contribution >= 0.6 is 0 Å². The minimum atomic E-state index is -3.84. The molecule has 3 amide bonds. The Morgan fingerprint density at radius 1 is 1.22 bits per heavy atom. The summed E-state index contributed by atoms with van der Waals surface area (Å²) in [4.78, 5) is 32.8. The number of hydrogen-bond donors (Lipinski definition) is 2. The highest BCUT2D eigenvalue weighted by molar-refractivity contribution is 7.89. The van der Waals surface area contributed by atoms with Crippen molar-refractivity contribution >= 4 is 22.0 Å². The summed E-state index contributed by atoms with van der Waals surface area (Å²) < 4.78 is 34.4. The number of aromatic nitrogens is 2. The Bertz CT molecular complexity index is 1130. The molecule has 2 aliphatic rings. The Kier molecular flexibility index (Phi) is 5.87. The molecule has 2 aromatic rings. The number of carbonyl (C=O) groups is 2. The smallest absolute Gasteiger partial charge is 0.324 e. The first-order valence-electron chi connectivity index (χ1n) is 10.3. The van der Waals surface area contributed by atoms with Crippen LogP contribution in [0.25, 0.3) is 0 Å². The molecule has 2 N–H and O–H groups in total. The van der Waals surface area contributed by atoms with Gasteiger partial charge in [-0.15, -0.1) is 0 Å². The van der Waals surface area contributed by atoms with Crippen LogP contribution in [0, 0.1) is 5.92 Å². The van der Waals surface area contributed by atoms with Crippen LogP contribution in [-0.4, -0.2) is 48.4 Å². The fourth-order valence-electron chi connectivity index (χ4n) is 3.22. The molecule has 32 heavy (non-hydrogen) atoms. The minimum absolute atomic E-state index is 0.0430. The van der Waals surface area contributed by atoms with Crippen molar-refractivity contribution in [3.63, 3.8) is 0 Å². The van der Waals surface area contributed by atoms with Crippen molar-refractivity contribution in [2.24, 2.45) is 5.92 Å². The predicted octanol–water partition coefficient (Wildman–Crippen LogP) is 1.53. The van der Waals surface area contributed by atoms with Crippen molar-refractivity contribution in [3.8, 4) is 5.75 Å². The molecule has 2 heterocycles. The van der Waals surface area contributed by atoms with Gasteiger partial charge in [0.15, 0.2) is 0 Å². The Morgan fingerprint density at radius 3 is 2.56 bits per heavy atom. The number of benzene rings is 1. The van der Waals surface area contributed by atoms with Gasteiger partial charge >= 0.3 is 6.03 Å². The van der Waals surface area contributed by atoms with E-state index in [1.54, 1.807) is 26.0 Å². The third kappa shape index (κ3) is 5.22. The average Bonchev–Trinajstić information content (AvgIpc) is 3.51. The Labute approximate surface area is 186 Å². The molecule has 1 saturated carbocycles. The molecule has 4 rings (SSSR count). The van der Waals surface area contributed by atoms with Crippen LogP contribution in [0.5, 0.6) is 5.75 Å². The Balaban J connectivity index is 1.44. The molecule has 1 aliphatic carbocycles. The van der Waals surface area contributed by atoms with Gasteiger partial charge in [-0.2, -0.15) is 0 Å². The summed E-state index contributed by atoms with van der Waals surface area (Å²) in [6.07, 6.45) is 5.32. The molecule has 170 valence electrons. The highest BCUT2D eigenvalue weighted by Crippen LogP contribution is 2.30. The van der Waals surface area contributed by atoms with Gasteiger partial charge in [-0.25, -0.2) is 27.9 Å². The number of hydrogen-bond acceptors (Lipinski definition) is 7. The standard InChI is InChI=1S/C21H25N5O5S/c1-21(2,15-9-22-18(23-10-15)11-26-12-19(27)24-20(26)28)25-32(29,30)17-5-3-4-16(8-17)31-13-14-6-7-14/h3-5,8-10,14,25H,6-7,11-13H2,1-2H3,(H,24,27,28). The molecular weight excluding hydrogens is 434 g/mol. The number of rotatable bonds is 9. The SMILES string of the molecule is CC(C)(NS(=O)(=O)c1cccc(OCC2CC2)c1)c1cnc(CN2CC(=O)NC2=O)nc1. The molecule has 0 unspecified atom stereocenters. The fourth-order valence-corrected chi connectivity index (χ4v) is 4.66. The van der Waals surface area contributed by atoms with E-state index in [-0.39, 0.29) is 23.9 Å². The second kappa shape index (κ2) is 8.47. The molecule has 2 fully saturated rings. The summed E-state index contributed by atoms with van der Waals surface area (Å²) in [5.41, 5.74) is -0.448. The highest BCUT2D eigenvalue weighted by Gasteiger charge is 2.30. The predicted molar refractivity (Wildman–Crippen MR) is 114 cm³/mol. The van der Waals surface area contributed by atoms with Gasteiger partial charge in [0.2, 0.25) is 15.9 Å². The van der Waals surface area contributed by atoms with Crippen LogP contribution in [0.15, 0.2) is 41.6 Å². The molecule has 1 aromatic heterocycles. The number of amides is 3. The first-order chi connectivity index (χ1) is 15.1. The monoisotopic (exact) mass is 459 g/mol. The van der Waals surface area contributed by atoms with Gasteiger partial charge in [0.25, 0.3) is 0 Å².